The Labute approximate surface area is 262 Å². The van der Waals surface area contributed by atoms with Crippen molar-refractivity contribution >= 4 is 28.5 Å². The molecule has 3 aliphatic rings. The molecule has 1 unspecified atom stereocenters. The number of ether oxygens (including phenoxy) is 3. The highest BCUT2D eigenvalue weighted by Gasteiger charge is 2.37. The summed E-state index contributed by atoms with van der Waals surface area (Å²) in [6, 6.07) is 10.1. The number of aryl methyl sites for hydroxylation is 1. The van der Waals surface area contributed by atoms with Crippen molar-refractivity contribution < 1.29 is 24.1 Å². The molecule has 0 saturated carbocycles. The third kappa shape index (κ3) is 6.38. The van der Waals surface area contributed by atoms with Crippen LogP contribution in [0, 0.1) is 6.92 Å². The van der Waals surface area contributed by atoms with E-state index < -0.39 is 17.7 Å². The molecule has 0 amide bonds. The Morgan fingerprint density at radius 3 is 2.66 bits per heavy atom. The van der Waals surface area contributed by atoms with Gasteiger partial charge < -0.3 is 24.2 Å². The Kier molecular flexibility index (Phi) is 8.26. The molecule has 6 bridgehead atoms. The van der Waals surface area contributed by atoms with Gasteiger partial charge in [0, 0.05) is 42.3 Å². The van der Waals surface area contributed by atoms with E-state index in [-0.39, 0.29) is 5.60 Å². The van der Waals surface area contributed by atoms with E-state index in [1.165, 1.54) is 0 Å². The minimum Gasteiger partial charge on any atom is -0.489 e. The molecule has 232 valence electrons. The lowest BCUT2D eigenvalue weighted by atomic mass is 9.91. The lowest BCUT2D eigenvalue weighted by molar-refractivity contribution is -0.160. The van der Waals surface area contributed by atoms with Gasteiger partial charge in [0.15, 0.2) is 6.10 Å². The number of rotatable bonds is 3. The van der Waals surface area contributed by atoms with Crippen LogP contribution in [0.4, 0.5) is 5.69 Å². The van der Waals surface area contributed by atoms with Crippen molar-refractivity contribution in [1.82, 2.24) is 14.6 Å². The van der Waals surface area contributed by atoms with Gasteiger partial charge in [-0.05, 0) is 76.8 Å². The van der Waals surface area contributed by atoms with Gasteiger partial charge in [0.25, 0.3) is 0 Å². The topological polar surface area (TPSA) is 98.4 Å². The Morgan fingerprint density at radius 1 is 1.16 bits per heavy atom. The monoisotopic (exact) mass is 616 g/mol. The number of pyridine rings is 1. The van der Waals surface area contributed by atoms with Crippen LogP contribution in [-0.4, -0.2) is 63.2 Å². The molecule has 1 fully saturated rings. The molecule has 1 N–H and O–H groups in total. The molecule has 1 atom stereocenters. The van der Waals surface area contributed by atoms with Gasteiger partial charge in [0.2, 0.25) is 0 Å². The fourth-order valence-corrected chi connectivity index (χ4v) is 6.85. The molecular weight excluding hydrogens is 576 g/mol. The molecule has 44 heavy (non-hydrogen) atoms. The molecule has 1 saturated heterocycles. The first-order valence-electron chi connectivity index (χ1n) is 15.1. The standard InChI is InChI=1S/C34H40N4O5S/c1-22-21-38-26-19-25(36-38)31-35-20-24(44-31)18-23-10-6-7-11-27(23)41-16-8-9-17-42-34(5)12-14-37(15-13-34)29(26)28(22)30(32(39)40)43-33(2,3)4/h6-11,19-21,30H,12-18H2,1-5H3,(H,39,40). The molecule has 0 radical (unpaired) electrons. The van der Waals surface area contributed by atoms with E-state index in [4.69, 9.17) is 24.3 Å². The first kappa shape index (κ1) is 30.3. The number of carboxylic acid groups (broad SMARTS) is 1. The number of hydrogen-bond donors (Lipinski definition) is 1. The quantitative estimate of drug-likeness (QED) is 0.257. The summed E-state index contributed by atoms with van der Waals surface area (Å²) in [7, 11) is 0. The van der Waals surface area contributed by atoms with E-state index in [2.05, 4.69) is 17.9 Å². The van der Waals surface area contributed by atoms with Gasteiger partial charge in [-0.3, -0.25) is 0 Å². The van der Waals surface area contributed by atoms with Gasteiger partial charge in [-0.15, -0.1) is 11.3 Å². The van der Waals surface area contributed by atoms with Gasteiger partial charge in [-0.2, -0.15) is 5.10 Å². The minimum atomic E-state index is -1.14. The number of anilines is 1. The van der Waals surface area contributed by atoms with E-state index in [9.17, 15) is 9.90 Å². The number of para-hydroxylation sites is 1. The number of benzene rings is 1. The number of piperidine rings is 1. The summed E-state index contributed by atoms with van der Waals surface area (Å²) >= 11 is 1.61. The molecular formula is C34H40N4O5S. The maximum atomic E-state index is 12.7. The number of aromatic nitrogens is 3. The van der Waals surface area contributed by atoms with E-state index in [0.717, 1.165) is 56.5 Å². The normalized spacial score (nSPS) is 17.8. The molecule has 10 heteroatoms. The zero-order valence-corrected chi connectivity index (χ0v) is 26.8. The summed E-state index contributed by atoms with van der Waals surface area (Å²) in [5, 5.41) is 16.2. The molecule has 4 aromatic rings. The van der Waals surface area contributed by atoms with Gasteiger partial charge in [0.05, 0.1) is 29.0 Å². The van der Waals surface area contributed by atoms with Crippen LogP contribution in [0.1, 0.15) is 68.2 Å². The Bertz CT molecular complexity index is 1690. The van der Waals surface area contributed by atoms with Crippen molar-refractivity contribution in [3.8, 4) is 16.5 Å². The largest absolute Gasteiger partial charge is 0.489 e. The van der Waals surface area contributed by atoms with Crippen LogP contribution in [0.5, 0.6) is 5.75 Å². The summed E-state index contributed by atoms with van der Waals surface area (Å²) < 4.78 is 20.6. The second-order valence-corrected chi connectivity index (χ2v) is 13.9. The molecule has 7 rings (SSSR count). The second kappa shape index (κ2) is 12.0. The predicted molar refractivity (Wildman–Crippen MR) is 172 cm³/mol. The van der Waals surface area contributed by atoms with Crippen LogP contribution in [0.3, 0.4) is 0 Å². The molecule has 1 aromatic carbocycles. The fourth-order valence-electron chi connectivity index (χ4n) is 5.96. The number of thiazole rings is 1. The van der Waals surface area contributed by atoms with E-state index in [1.807, 2.05) is 81.0 Å². The first-order valence-corrected chi connectivity index (χ1v) is 15.9. The van der Waals surface area contributed by atoms with Crippen molar-refractivity contribution in [3.63, 3.8) is 0 Å². The summed E-state index contributed by atoms with van der Waals surface area (Å²) in [4.78, 5) is 20.9. The summed E-state index contributed by atoms with van der Waals surface area (Å²) in [5.41, 5.74) is 4.04. The lowest BCUT2D eigenvalue weighted by Gasteiger charge is -2.41. The number of carbonyl (C=O) groups is 1. The second-order valence-electron chi connectivity index (χ2n) is 12.8. The van der Waals surface area contributed by atoms with E-state index in [0.29, 0.717) is 38.3 Å². The third-order valence-corrected chi connectivity index (χ3v) is 9.23. The third-order valence-electron chi connectivity index (χ3n) is 8.21. The Morgan fingerprint density at radius 2 is 1.91 bits per heavy atom. The van der Waals surface area contributed by atoms with Gasteiger partial charge in [0.1, 0.15) is 23.1 Å². The maximum absolute atomic E-state index is 12.7. The number of aliphatic carboxylic acids is 1. The summed E-state index contributed by atoms with van der Waals surface area (Å²) in [5.74, 6) is -0.159. The van der Waals surface area contributed by atoms with Crippen molar-refractivity contribution in [2.24, 2.45) is 0 Å². The van der Waals surface area contributed by atoms with E-state index in [1.54, 1.807) is 11.3 Å². The number of nitrogens with zero attached hydrogens (tertiary/aromatic N) is 4. The molecule has 3 aromatic heterocycles. The Hall–Kier alpha value is -3.73. The Balaban J connectivity index is 1.49. The van der Waals surface area contributed by atoms with Crippen molar-refractivity contribution in [1.29, 1.82) is 0 Å². The highest BCUT2D eigenvalue weighted by Crippen LogP contribution is 2.41. The van der Waals surface area contributed by atoms with Crippen LogP contribution in [0.15, 0.2) is 54.9 Å². The smallest absolute Gasteiger partial charge is 0.337 e. The molecule has 9 nitrogen and oxygen atoms in total. The number of carboxylic acids is 1. The van der Waals surface area contributed by atoms with Crippen molar-refractivity contribution in [3.05, 3.63) is 76.4 Å². The average Bonchev–Trinajstić information content (AvgIpc) is 3.60. The SMILES string of the molecule is Cc1cn2nc3cc2c(c1C(OC(C)(C)C)C(=O)O)N1CCC(C)(CC1)OCC=CCOc1ccccc1Cc1cnc-3s1. The molecule has 6 heterocycles. The van der Waals surface area contributed by atoms with Crippen LogP contribution in [0.25, 0.3) is 16.2 Å². The maximum Gasteiger partial charge on any atom is 0.337 e. The summed E-state index contributed by atoms with van der Waals surface area (Å²) in [6.07, 6.45) is 8.97. The fraction of sp³-hybridized carbons (Fsp3) is 0.441. The number of hydrogen-bond acceptors (Lipinski definition) is 8. The zero-order chi connectivity index (χ0) is 31.1. The highest BCUT2D eigenvalue weighted by molar-refractivity contribution is 7.15. The number of fused-ring (bicyclic) bond motifs is 6. The van der Waals surface area contributed by atoms with E-state index >= 15 is 0 Å². The van der Waals surface area contributed by atoms with Crippen LogP contribution in [0.2, 0.25) is 0 Å². The molecule has 0 spiro atoms. The average molecular weight is 617 g/mol. The van der Waals surface area contributed by atoms with Crippen molar-refractivity contribution in [2.75, 3.05) is 31.2 Å². The van der Waals surface area contributed by atoms with Gasteiger partial charge in [-0.25, -0.2) is 14.3 Å². The predicted octanol–water partition coefficient (Wildman–Crippen LogP) is 6.62. The molecule has 0 aliphatic carbocycles. The van der Waals surface area contributed by atoms with Gasteiger partial charge >= 0.3 is 5.97 Å². The highest BCUT2D eigenvalue weighted by atomic mass is 32.1. The van der Waals surface area contributed by atoms with Crippen LogP contribution >= 0.6 is 11.3 Å². The first-order chi connectivity index (χ1) is 21.0. The minimum absolute atomic E-state index is 0.299. The zero-order valence-electron chi connectivity index (χ0n) is 26.0. The van der Waals surface area contributed by atoms with Crippen molar-refractivity contribution in [2.45, 2.75) is 71.2 Å². The summed E-state index contributed by atoms with van der Waals surface area (Å²) in [6.45, 7) is 12.1. The van der Waals surface area contributed by atoms with Crippen LogP contribution < -0.4 is 9.64 Å². The lowest BCUT2D eigenvalue weighted by Crippen LogP contribution is -2.45. The molecule has 3 aliphatic heterocycles. The van der Waals surface area contributed by atoms with Crippen LogP contribution in [-0.2, 0) is 20.7 Å². The van der Waals surface area contributed by atoms with Gasteiger partial charge in [-0.1, -0.05) is 24.3 Å².